The number of carbonyl (C=O) groups is 2. The van der Waals surface area contributed by atoms with Gasteiger partial charge in [-0.25, -0.2) is 4.57 Å². The number of anilines is 1. The Morgan fingerprint density at radius 1 is 1.07 bits per heavy atom. The first-order chi connectivity index (χ1) is 13.3. The number of hydrogen-bond donors (Lipinski definition) is 0. The number of amides is 1. The van der Waals surface area contributed by atoms with Gasteiger partial charge >= 0.3 is 11.2 Å². The third-order valence-electron chi connectivity index (χ3n) is 3.76. The lowest BCUT2D eigenvalue weighted by molar-refractivity contribution is -0.131. The van der Waals surface area contributed by atoms with Crippen molar-refractivity contribution < 1.29 is 18.4 Å². The van der Waals surface area contributed by atoms with Crippen LogP contribution >= 0.6 is 11.8 Å². The number of thioether (sulfide) groups is 1. The minimum atomic E-state index is -3.87. The van der Waals surface area contributed by atoms with E-state index in [0.29, 0.717) is 11.4 Å². The highest BCUT2D eigenvalue weighted by Gasteiger charge is 2.45. The van der Waals surface area contributed by atoms with Crippen LogP contribution in [0.3, 0.4) is 0 Å². The summed E-state index contributed by atoms with van der Waals surface area (Å²) in [6.45, 7) is 1.19. The average Bonchev–Trinajstić information content (AvgIpc) is 3.11. The number of nitrogens with zero attached hydrogens (tertiary/aromatic N) is 5. The summed E-state index contributed by atoms with van der Waals surface area (Å²) < 4.78 is 30.2. The van der Waals surface area contributed by atoms with Crippen LogP contribution in [0.4, 0.5) is 14.5 Å². The molecule has 0 bridgehead atoms. The fourth-order valence-electron chi connectivity index (χ4n) is 2.40. The molecular weight excluding hydrogens is 388 g/mol. The van der Waals surface area contributed by atoms with Crippen molar-refractivity contribution in [1.29, 1.82) is 0 Å². The Morgan fingerprint density at radius 2 is 1.75 bits per heavy atom. The van der Waals surface area contributed by atoms with E-state index in [1.165, 1.54) is 32.3 Å². The zero-order valence-electron chi connectivity index (χ0n) is 14.9. The SMILES string of the molecule is CC(=O)n1c(SC(F)(F)C(=O)N(C)c2ccccc2)nnc1-c1ccccn1. The minimum absolute atomic E-state index is 0.0234. The van der Waals surface area contributed by atoms with Crippen molar-refractivity contribution in [3.8, 4) is 11.5 Å². The van der Waals surface area contributed by atoms with Crippen LogP contribution in [0.2, 0.25) is 0 Å². The van der Waals surface area contributed by atoms with Gasteiger partial charge in [0, 0.05) is 25.9 Å². The Balaban J connectivity index is 1.91. The Hall–Kier alpha value is -3.14. The van der Waals surface area contributed by atoms with Gasteiger partial charge in [0.05, 0.1) is 0 Å². The first-order valence-corrected chi connectivity index (χ1v) is 8.90. The Bertz CT molecular complexity index is 996. The number of aromatic nitrogens is 4. The minimum Gasteiger partial charge on any atom is -0.309 e. The Kier molecular flexibility index (Phi) is 5.50. The first-order valence-electron chi connectivity index (χ1n) is 8.09. The van der Waals surface area contributed by atoms with E-state index in [4.69, 9.17) is 0 Å². The summed E-state index contributed by atoms with van der Waals surface area (Å²) in [5.41, 5.74) is 0.614. The molecule has 0 aliphatic heterocycles. The van der Waals surface area contributed by atoms with Gasteiger partial charge in [0.1, 0.15) is 5.69 Å². The van der Waals surface area contributed by atoms with Crippen molar-refractivity contribution >= 4 is 29.3 Å². The van der Waals surface area contributed by atoms with E-state index >= 15 is 0 Å². The second-order valence-corrected chi connectivity index (χ2v) is 6.78. The molecule has 0 atom stereocenters. The first kappa shape index (κ1) is 19.6. The lowest BCUT2D eigenvalue weighted by Gasteiger charge is -2.22. The molecule has 2 heterocycles. The maximum Gasteiger partial charge on any atom is 0.378 e. The molecule has 0 aliphatic carbocycles. The highest BCUT2D eigenvalue weighted by Crippen LogP contribution is 2.38. The summed E-state index contributed by atoms with van der Waals surface area (Å²) >= 11 is -0.136. The summed E-state index contributed by atoms with van der Waals surface area (Å²) in [5, 5.41) is 3.22. The predicted molar refractivity (Wildman–Crippen MR) is 100 cm³/mol. The molecule has 0 spiro atoms. The van der Waals surface area contributed by atoms with Crippen LogP contribution in [0.25, 0.3) is 11.5 Å². The second kappa shape index (κ2) is 7.85. The van der Waals surface area contributed by atoms with Gasteiger partial charge in [-0.15, -0.1) is 10.2 Å². The molecule has 28 heavy (non-hydrogen) atoms. The smallest absolute Gasteiger partial charge is 0.309 e. The summed E-state index contributed by atoms with van der Waals surface area (Å²) in [6, 6.07) is 13.0. The predicted octanol–water partition coefficient (Wildman–Crippen LogP) is 3.35. The van der Waals surface area contributed by atoms with Crippen LogP contribution < -0.4 is 4.90 Å². The topological polar surface area (TPSA) is 81.0 Å². The van der Waals surface area contributed by atoms with Gasteiger partial charge in [-0.3, -0.25) is 14.6 Å². The molecule has 0 radical (unpaired) electrons. The van der Waals surface area contributed by atoms with Crippen molar-refractivity contribution in [1.82, 2.24) is 19.7 Å². The number of benzene rings is 1. The number of halogens is 2. The molecule has 0 unspecified atom stereocenters. The summed E-state index contributed by atoms with van der Waals surface area (Å²) in [7, 11) is 1.25. The molecule has 0 saturated carbocycles. The molecule has 7 nitrogen and oxygen atoms in total. The number of alkyl halides is 2. The molecular formula is C18H15F2N5O2S. The van der Waals surface area contributed by atoms with Crippen molar-refractivity contribution in [3.05, 3.63) is 54.7 Å². The highest BCUT2D eigenvalue weighted by molar-refractivity contribution is 8.01. The maximum atomic E-state index is 14.7. The Morgan fingerprint density at radius 3 is 2.36 bits per heavy atom. The fourth-order valence-corrected chi connectivity index (χ4v) is 3.24. The third kappa shape index (κ3) is 3.91. The van der Waals surface area contributed by atoms with E-state index in [-0.39, 0.29) is 17.6 Å². The number of rotatable bonds is 5. The van der Waals surface area contributed by atoms with Crippen LogP contribution in [0.1, 0.15) is 11.7 Å². The fraction of sp³-hybridized carbons (Fsp3) is 0.167. The Labute approximate surface area is 163 Å². The quantitative estimate of drug-likeness (QED) is 0.608. The molecule has 2 aromatic heterocycles. The molecule has 1 amide bonds. The standard InChI is InChI=1S/C18H15F2N5O2S/c1-12(26)25-15(14-10-6-7-11-21-14)22-23-17(25)28-18(19,20)16(27)24(2)13-8-4-3-5-9-13/h3-11H,1-2H3. The van der Waals surface area contributed by atoms with Crippen molar-refractivity contribution in [3.63, 3.8) is 0 Å². The van der Waals surface area contributed by atoms with Crippen LogP contribution in [0, 0.1) is 0 Å². The molecule has 0 N–H and O–H groups in total. The largest absolute Gasteiger partial charge is 0.378 e. The molecule has 3 rings (SSSR count). The van der Waals surface area contributed by atoms with Gasteiger partial charge in [-0.1, -0.05) is 24.3 Å². The molecule has 10 heteroatoms. The molecule has 144 valence electrons. The van der Waals surface area contributed by atoms with E-state index in [0.717, 1.165) is 9.47 Å². The zero-order chi connectivity index (χ0) is 20.3. The summed E-state index contributed by atoms with van der Waals surface area (Å²) in [4.78, 5) is 29.3. The molecule has 1 aromatic carbocycles. The van der Waals surface area contributed by atoms with Crippen LogP contribution in [-0.2, 0) is 4.79 Å². The van der Waals surface area contributed by atoms with Crippen LogP contribution in [0.5, 0.6) is 0 Å². The van der Waals surface area contributed by atoms with Gasteiger partial charge in [0.2, 0.25) is 11.1 Å². The van der Waals surface area contributed by atoms with Crippen LogP contribution in [-0.4, -0.2) is 43.9 Å². The normalized spacial score (nSPS) is 11.3. The van der Waals surface area contributed by atoms with Gasteiger partial charge in [0.15, 0.2) is 5.82 Å². The lowest BCUT2D eigenvalue weighted by Crippen LogP contribution is -2.39. The zero-order valence-corrected chi connectivity index (χ0v) is 15.7. The molecule has 0 fully saturated rings. The third-order valence-corrected chi connectivity index (χ3v) is 4.64. The number of para-hydroxylation sites is 1. The van der Waals surface area contributed by atoms with Crippen molar-refractivity contribution in [2.24, 2.45) is 0 Å². The van der Waals surface area contributed by atoms with E-state index in [9.17, 15) is 18.4 Å². The lowest BCUT2D eigenvalue weighted by atomic mass is 10.3. The van der Waals surface area contributed by atoms with Crippen molar-refractivity contribution in [2.45, 2.75) is 17.3 Å². The summed E-state index contributed by atoms with van der Waals surface area (Å²) in [6.07, 6.45) is 1.48. The number of hydrogen-bond acceptors (Lipinski definition) is 6. The van der Waals surface area contributed by atoms with Gasteiger partial charge < -0.3 is 4.90 Å². The van der Waals surface area contributed by atoms with Crippen molar-refractivity contribution in [2.75, 3.05) is 11.9 Å². The number of carbonyl (C=O) groups excluding carboxylic acids is 2. The number of pyridine rings is 1. The monoisotopic (exact) mass is 403 g/mol. The molecule has 0 saturated heterocycles. The van der Waals surface area contributed by atoms with E-state index in [1.807, 2.05) is 0 Å². The van der Waals surface area contributed by atoms with Gasteiger partial charge in [-0.2, -0.15) is 8.78 Å². The van der Waals surface area contributed by atoms with Gasteiger partial charge in [0.25, 0.3) is 0 Å². The van der Waals surface area contributed by atoms with Crippen LogP contribution in [0.15, 0.2) is 59.9 Å². The van der Waals surface area contributed by atoms with Gasteiger partial charge in [-0.05, 0) is 36.0 Å². The maximum absolute atomic E-state index is 14.7. The van der Waals surface area contributed by atoms with E-state index in [2.05, 4.69) is 15.2 Å². The van der Waals surface area contributed by atoms with E-state index < -0.39 is 22.2 Å². The highest BCUT2D eigenvalue weighted by atomic mass is 32.2. The molecule has 3 aromatic rings. The summed E-state index contributed by atoms with van der Waals surface area (Å²) in [5.74, 6) is -2.00. The second-order valence-electron chi connectivity index (χ2n) is 5.69. The van der Waals surface area contributed by atoms with E-state index in [1.54, 1.807) is 36.4 Å². The average molecular weight is 403 g/mol. The molecule has 0 aliphatic rings.